The Morgan fingerprint density at radius 2 is 2.06 bits per heavy atom. The molecule has 6 heteroatoms. The molecule has 2 heterocycles. The Morgan fingerprint density at radius 3 is 2.83 bits per heavy atom. The molecule has 0 saturated heterocycles. The molecule has 6 nitrogen and oxygen atoms in total. The third-order valence-electron chi connectivity index (χ3n) is 3.33. The second-order valence-electron chi connectivity index (χ2n) is 4.61. The fourth-order valence-corrected chi connectivity index (χ4v) is 2.41. The van der Waals surface area contributed by atoms with Gasteiger partial charge in [0.1, 0.15) is 5.82 Å². The molecular weight excluding hydrogens is 230 g/mol. The molecule has 0 aliphatic heterocycles. The zero-order valence-electron chi connectivity index (χ0n) is 9.94. The van der Waals surface area contributed by atoms with Crippen molar-refractivity contribution in [2.24, 2.45) is 0 Å². The summed E-state index contributed by atoms with van der Waals surface area (Å²) in [5.41, 5.74) is 0.985. The van der Waals surface area contributed by atoms with Crippen LogP contribution in [-0.2, 0) is 0 Å². The first kappa shape index (κ1) is 11.0. The van der Waals surface area contributed by atoms with Crippen LogP contribution in [0.4, 0.5) is 11.6 Å². The highest BCUT2D eigenvalue weighted by molar-refractivity contribution is 5.51. The lowest BCUT2D eigenvalue weighted by molar-refractivity contribution is 0.693. The Hall–Kier alpha value is -2.11. The standard InChI is InChI=1S/C12H15N5O/c18-12-6-10(13-7-14-12)15-11-5-9(16-17-11)8-3-1-2-4-8/h5-8H,1-4H2,(H3,13,14,15,16,17,18). The van der Waals surface area contributed by atoms with Crippen molar-refractivity contribution in [3.05, 3.63) is 34.5 Å². The molecule has 1 saturated carbocycles. The third kappa shape index (κ3) is 2.27. The van der Waals surface area contributed by atoms with E-state index in [0.717, 1.165) is 0 Å². The van der Waals surface area contributed by atoms with Gasteiger partial charge in [0.15, 0.2) is 5.82 Å². The molecule has 0 aromatic carbocycles. The van der Waals surface area contributed by atoms with E-state index in [1.165, 1.54) is 43.8 Å². The highest BCUT2D eigenvalue weighted by Crippen LogP contribution is 2.33. The molecule has 3 rings (SSSR count). The summed E-state index contributed by atoms with van der Waals surface area (Å²) in [6, 6.07) is 3.41. The third-order valence-corrected chi connectivity index (χ3v) is 3.33. The number of hydrogen-bond acceptors (Lipinski definition) is 4. The zero-order valence-corrected chi connectivity index (χ0v) is 9.94. The van der Waals surface area contributed by atoms with Gasteiger partial charge in [0, 0.05) is 23.7 Å². The van der Waals surface area contributed by atoms with Gasteiger partial charge < -0.3 is 10.3 Å². The van der Waals surface area contributed by atoms with Crippen LogP contribution in [0.25, 0.3) is 0 Å². The number of rotatable bonds is 3. The van der Waals surface area contributed by atoms with Crippen molar-refractivity contribution in [3.8, 4) is 0 Å². The fourth-order valence-electron chi connectivity index (χ4n) is 2.41. The monoisotopic (exact) mass is 245 g/mol. The van der Waals surface area contributed by atoms with Crippen LogP contribution < -0.4 is 10.9 Å². The molecule has 2 aromatic rings. The average molecular weight is 245 g/mol. The molecule has 94 valence electrons. The fraction of sp³-hybridized carbons (Fsp3) is 0.417. The van der Waals surface area contributed by atoms with Crippen molar-refractivity contribution in [3.63, 3.8) is 0 Å². The van der Waals surface area contributed by atoms with Crippen LogP contribution in [0.15, 0.2) is 23.3 Å². The van der Waals surface area contributed by atoms with E-state index >= 15 is 0 Å². The van der Waals surface area contributed by atoms with Crippen LogP contribution in [-0.4, -0.2) is 20.2 Å². The van der Waals surface area contributed by atoms with Crippen molar-refractivity contribution in [2.75, 3.05) is 5.32 Å². The lowest BCUT2D eigenvalue weighted by atomic mass is 10.0. The highest BCUT2D eigenvalue weighted by atomic mass is 16.1. The summed E-state index contributed by atoms with van der Waals surface area (Å²) >= 11 is 0. The van der Waals surface area contributed by atoms with Gasteiger partial charge in [0.05, 0.1) is 6.33 Å². The van der Waals surface area contributed by atoms with Gasteiger partial charge in [-0.1, -0.05) is 12.8 Å². The summed E-state index contributed by atoms with van der Waals surface area (Å²) in [6.07, 6.45) is 6.41. The molecule has 1 aliphatic carbocycles. The predicted octanol–water partition coefficient (Wildman–Crippen LogP) is 1.89. The van der Waals surface area contributed by atoms with E-state index in [-0.39, 0.29) is 5.56 Å². The summed E-state index contributed by atoms with van der Waals surface area (Å²) in [7, 11) is 0. The summed E-state index contributed by atoms with van der Waals surface area (Å²) in [5, 5.41) is 10.3. The molecule has 18 heavy (non-hydrogen) atoms. The molecule has 0 unspecified atom stereocenters. The first-order chi connectivity index (χ1) is 8.81. The van der Waals surface area contributed by atoms with E-state index < -0.39 is 0 Å². The summed E-state index contributed by atoms with van der Waals surface area (Å²) in [5.74, 6) is 1.80. The molecule has 3 N–H and O–H groups in total. The minimum atomic E-state index is -0.181. The van der Waals surface area contributed by atoms with E-state index in [1.54, 1.807) is 0 Å². The Morgan fingerprint density at radius 1 is 1.22 bits per heavy atom. The van der Waals surface area contributed by atoms with E-state index in [1.807, 2.05) is 6.07 Å². The maximum Gasteiger partial charge on any atom is 0.252 e. The number of aromatic amines is 2. The number of hydrogen-bond donors (Lipinski definition) is 3. The summed E-state index contributed by atoms with van der Waals surface area (Å²) in [6.45, 7) is 0. The predicted molar refractivity (Wildman–Crippen MR) is 67.9 cm³/mol. The molecular formula is C12H15N5O. The van der Waals surface area contributed by atoms with Gasteiger partial charge >= 0.3 is 0 Å². The SMILES string of the molecule is O=c1cc(Nc2cc(C3CCCC3)[nH]n2)nc[nH]1. The number of nitrogens with one attached hydrogen (secondary N) is 3. The van der Waals surface area contributed by atoms with Gasteiger partial charge in [0.2, 0.25) is 0 Å². The van der Waals surface area contributed by atoms with Crippen molar-refractivity contribution < 1.29 is 0 Å². The summed E-state index contributed by atoms with van der Waals surface area (Å²) < 4.78 is 0. The van der Waals surface area contributed by atoms with Gasteiger partial charge in [-0.15, -0.1) is 0 Å². The Kier molecular flexibility index (Phi) is 2.84. The van der Waals surface area contributed by atoms with Crippen molar-refractivity contribution >= 4 is 11.6 Å². The number of H-pyrrole nitrogens is 2. The molecule has 2 aromatic heterocycles. The van der Waals surface area contributed by atoms with Crippen molar-refractivity contribution in [2.45, 2.75) is 31.6 Å². The van der Waals surface area contributed by atoms with Gasteiger partial charge in [0.25, 0.3) is 5.56 Å². The van der Waals surface area contributed by atoms with E-state index in [4.69, 9.17) is 0 Å². The molecule has 0 radical (unpaired) electrons. The van der Waals surface area contributed by atoms with E-state index in [9.17, 15) is 4.79 Å². The maximum atomic E-state index is 11.1. The largest absolute Gasteiger partial charge is 0.323 e. The number of aromatic nitrogens is 4. The van der Waals surface area contributed by atoms with Crippen LogP contribution in [0.3, 0.4) is 0 Å². The number of anilines is 2. The Labute approximate surface area is 104 Å². The van der Waals surface area contributed by atoms with Gasteiger partial charge in [-0.3, -0.25) is 9.89 Å². The summed E-state index contributed by atoms with van der Waals surface area (Å²) in [4.78, 5) is 17.6. The molecule has 1 fully saturated rings. The van der Waals surface area contributed by atoms with Crippen molar-refractivity contribution in [1.29, 1.82) is 0 Å². The lowest BCUT2D eigenvalue weighted by Gasteiger charge is -2.03. The van der Waals surface area contributed by atoms with Gasteiger partial charge in [-0.05, 0) is 12.8 Å². The highest BCUT2D eigenvalue weighted by Gasteiger charge is 2.19. The zero-order chi connectivity index (χ0) is 12.4. The lowest BCUT2D eigenvalue weighted by Crippen LogP contribution is -2.06. The second kappa shape index (κ2) is 4.64. The van der Waals surface area contributed by atoms with Crippen LogP contribution in [0.1, 0.15) is 37.3 Å². The maximum absolute atomic E-state index is 11.1. The van der Waals surface area contributed by atoms with E-state index in [2.05, 4.69) is 25.5 Å². The smallest absolute Gasteiger partial charge is 0.252 e. The normalized spacial score (nSPS) is 16.0. The van der Waals surface area contributed by atoms with Crippen LogP contribution in [0, 0.1) is 0 Å². The van der Waals surface area contributed by atoms with Gasteiger partial charge in [-0.25, -0.2) is 4.98 Å². The minimum Gasteiger partial charge on any atom is -0.323 e. The molecule has 0 amide bonds. The minimum absolute atomic E-state index is 0.181. The molecule has 0 spiro atoms. The topological polar surface area (TPSA) is 86.5 Å². The molecule has 0 bridgehead atoms. The van der Waals surface area contributed by atoms with Crippen LogP contribution in [0.5, 0.6) is 0 Å². The second-order valence-corrected chi connectivity index (χ2v) is 4.61. The first-order valence-electron chi connectivity index (χ1n) is 6.18. The van der Waals surface area contributed by atoms with Crippen LogP contribution in [0.2, 0.25) is 0 Å². The quantitative estimate of drug-likeness (QED) is 0.770. The number of nitrogens with zero attached hydrogens (tertiary/aromatic N) is 2. The first-order valence-corrected chi connectivity index (χ1v) is 6.18. The van der Waals surface area contributed by atoms with Crippen LogP contribution >= 0.6 is 0 Å². The molecule has 1 aliphatic rings. The Bertz CT molecular complexity index is 582. The van der Waals surface area contributed by atoms with Gasteiger partial charge in [-0.2, -0.15) is 5.10 Å². The molecule has 0 atom stereocenters. The average Bonchev–Trinajstić information content (AvgIpc) is 2.98. The van der Waals surface area contributed by atoms with E-state index in [0.29, 0.717) is 17.6 Å². The Balaban J connectivity index is 1.75. The van der Waals surface area contributed by atoms with Crippen molar-refractivity contribution in [1.82, 2.24) is 20.2 Å².